The van der Waals surface area contributed by atoms with Crippen molar-refractivity contribution in [3.63, 3.8) is 0 Å². The van der Waals surface area contributed by atoms with Crippen molar-refractivity contribution in [1.82, 2.24) is 20.1 Å². The Hall–Kier alpha value is -2.96. The fraction of sp³-hybridized carbons (Fsp3) is 0.368. The van der Waals surface area contributed by atoms with Crippen LogP contribution >= 0.6 is 0 Å². The van der Waals surface area contributed by atoms with E-state index in [-0.39, 0.29) is 0 Å². The molecule has 7 heteroatoms. The highest BCUT2D eigenvalue weighted by Gasteiger charge is 2.25. The lowest BCUT2D eigenvalue weighted by Crippen LogP contribution is -2.09. The standard InChI is InChI=1S/C19H22N6O/c1-25(2)15-8-6-13(7-9-15)16-10-11-20-19(22-16)21-12-17-23-18(26-24-17)14-4-3-5-14/h6-11,14H,3-5,12H2,1-2H3,(H,20,21,22). The highest BCUT2D eigenvalue weighted by molar-refractivity contribution is 5.63. The van der Waals surface area contributed by atoms with Gasteiger partial charge in [-0.2, -0.15) is 4.98 Å². The van der Waals surface area contributed by atoms with Crippen LogP contribution in [0.4, 0.5) is 11.6 Å². The van der Waals surface area contributed by atoms with Gasteiger partial charge < -0.3 is 14.7 Å². The van der Waals surface area contributed by atoms with E-state index in [1.807, 2.05) is 20.2 Å². The van der Waals surface area contributed by atoms with Crippen LogP contribution in [-0.2, 0) is 6.54 Å². The van der Waals surface area contributed by atoms with Gasteiger partial charge in [-0.05, 0) is 31.0 Å². The molecular formula is C19H22N6O. The third-order valence-electron chi connectivity index (χ3n) is 4.68. The highest BCUT2D eigenvalue weighted by atomic mass is 16.5. The van der Waals surface area contributed by atoms with Gasteiger partial charge in [-0.3, -0.25) is 0 Å². The van der Waals surface area contributed by atoms with Gasteiger partial charge in [0.25, 0.3) is 0 Å². The summed E-state index contributed by atoms with van der Waals surface area (Å²) >= 11 is 0. The fourth-order valence-corrected chi connectivity index (χ4v) is 2.85. The van der Waals surface area contributed by atoms with E-state index in [9.17, 15) is 0 Å². The first-order valence-electron chi connectivity index (χ1n) is 8.86. The van der Waals surface area contributed by atoms with E-state index in [4.69, 9.17) is 4.52 Å². The molecule has 0 radical (unpaired) electrons. The second-order valence-electron chi connectivity index (χ2n) is 6.74. The van der Waals surface area contributed by atoms with Crippen molar-refractivity contribution in [2.24, 2.45) is 0 Å². The normalized spacial score (nSPS) is 14.1. The highest BCUT2D eigenvalue weighted by Crippen LogP contribution is 2.35. The van der Waals surface area contributed by atoms with E-state index < -0.39 is 0 Å². The molecule has 0 saturated heterocycles. The van der Waals surface area contributed by atoms with Gasteiger partial charge in [0.15, 0.2) is 5.82 Å². The number of rotatable bonds is 6. The first-order valence-corrected chi connectivity index (χ1v) is 8.86. The monoisotopic (exact) mass is 350 g/mol. The van der Waals surface area contributed by atoms with Gasteiger partial charge in [0.1, 0.15) is 0 Å². The summed E-state index contributed by atoms with van der Waals surface area (Å²) in [4.78, 5) is 15.4. The predicted octanol–water partition coefficient (Wildman–Crippen LogP) is 3.47. The minimum absolute atomic E-state index is 0.444. The third kappa shape index (κ3) is 3.51. The Balaban J connectivity index is 1.43. The van der Waals surface area contributed by atoms with Crippen LogP contribution in [0.25, 0.3) is 11.3 Å². The minimum Gasteiger partial charge on any atom is -0.378 e. The second-order valence-corrected chi connectivity index (χ2v) is 6.74. The number of benzene rings is 1. The smallest absolute Gasteiger partial charge is 0.229 e. The molecule has 1 aliphatic rings. The first kappa shape index (κ1) is 16.5. The minimum atomic E-state index is 0.444. The Bertz CT molecular complexity index is 870. The van der Waals surface area contributed by atoms with E-state index in [0.717, 1.165) is 35.7 Å². The molecule has 4 rings (SSSR count). The molecule has 0 unspecified atom stereocenters. The number of aromatic nitrogens is 4. The lowest BCUT2D eigenvalue weighted by Gasteiger charge is -2.20. The average molecular weight is 350 g/mol. The van der Waals surface area contributed by atoms with Gasteiger partial charge in [0, 0.05) is 37.5 Å². The SMILES string of the molecule is CN(C)c1ccc(-c2ccnc(NCc3noc(C4CCC4)n3)n2)cc1. The van der Waals surface area contributed by atoms with Crippen molar-refractivity contribution in [3.8, 4) is 11.3 Å². The Kier molecular flexibility index (Phi) is 4.51. The third-order valence-corrected chi connectivity index (χ3v) is 4.68. The van der Waals surface area contributed by atoms with Crippen LogP contribution in [0.5, 0.6) is 0 Å². The summed E-state index contributed by atoms with van der Waals surface area (Å²) in [6, 6.07) is 10.2. The molecule has 1 aromatic carbocycles. The maximum atomic E-state index is 5.33. The maximum Gasteiger partial charge on any atom is 0.229 e. The Labute approximate surface area is 152 Å². The molecule has 26 heavy (non-hydrogen) atoms. The molecule has 2 aromatic heterocycles. The van der Waals surface area contributed by atoms with Crippen molar-refractivity contribution >= 4 is 11.6 Å². The molecule has 0 atom stereocenters. The summed E-state index contributed by atoms with van der Waals surface area (Å²) in [5.74, 6) is 2.38. The van der Waals surface area contributed by atoms with Crippen molar-refractivity contribution in [2.45, 2.75) is 31.7 Å². The van der Waals surface area contributed by atoms with Crippen LogP contribution in [0.3, 0.4) is 0 Å². The Morgan fingerprint density at radius 2 is 1.92 bits per heavy atom. The summed E-state index contributed by atoms with van der Waals surface area (Å²) < 4.78 is 5.33. The molecule has 0 spiro atoms. The van der Waals surface area contributed by atoms with E-state index in [1.165, 1.54) is 6.42 Å². The zero-order valence-corrected chi connectivity index (χ0v) is 15.0. The van der Waals surface area contributed by atoms with Gasteiger partial charge in [0.05, 0.1) is 12.2 Å². The molecule has 0 bridgehead atoms. The van der Waals surface area contributed by atoms with Gasteiger partial charge in [-0.15, -0.1) is 0 Å². The first-order chi connectivity index (χ1) is 12.7. The van der Waals surface area contributed by atoms with Gasteiger partial charge >= 0.3 is 0 Å². The lowest BCUT2D eigenvalue weighted by atomic mass is 9.85. The molecule has 2 heterocycles. The van der Waals surface area contributed by atoms with Gasteiger partial charge in [0.2, 0.25) is 11.8 Å². The van der Waals surface area contributed by atoms with Crippen LogP contribution in [0, 0.1) is 0 Å². The van der Waals surface area contributed by atoms with Crippen molar-refractivity contribution in [2.75, 3.05) is 24.3 Å². The molecular weight excluding hydrogens is 328 g/mol. The van der Waals surface area contributed by atoms with Crippen LogP contribution in [0.2, 0.25) is 0 Å². The predicted molar refractivity (Wildman–Crippen MR) is 100 cm³/mol. The number of hydrogen-bond donors (Lipinski definition) is 1. The van der Waals surface area contributed by atoms with Crippen LogP contribution < -0.4 is 10.2 Å². The lowest BCUT2D eigenvalue weighted by molar-refractivity contribution is 0.291. The molecule has 1 N–H and O–H groups in total. The quantitative estimate of drug-likeness (QED) is 0.729. The van der Waals surface area contributed by atoms with E-state index in [2.05, 4.69) is 54.6 Å². The Morgan fingerprint density at radius 1 is 1.12 bits per heavy atom. The molecule has 1 saturated carbocycles. The second kappa shape index (κ2) is 7.11. The molecule has 0 aliphatic heterocycles. The zero-order valence-electron chi connectivity index (χ0n) is 15.0. The molecule has 134 valence electrons. The van der Waals surface area contributed by atoms with Crippen molar-refractivity contribution < 1.29 is 4.52 Å². The number of nitrogens with one attached hydrogen (secondary N) is 1. The topological polar surface area (TPSA) is 80.0 Å². The van der Waals surface area contributed by atoms with E-state index >= 15 is 0 Å². The number of hydrogen-bond acceptors (Lipinski definition) is 7. The molecule has 0 amide bonds. The summed E-state index contributed by atoms with van der Waals surface area (Å²) in [5, 5.41) is 7.21. The maximum absolute atomic E-state index is 5.33. The van der Waals surface area contributed by atoms with Crippen molar-refractivity contribution in [3.05, 3.63) is 48.2 Å². The average Bonchev–Trinajstić information content (AvgIpc) is 3.07. The van der Waals surface area contributed by atoms with Crippen LogP contribution in [0.1, 0.15) is 36.9 Å². The summed E-state index contributed by atoms with van der Waals surface area (Å²) in [6.45, 7) is 0.444. The number of anilines is 2. The van der Waals surface area contributed by atoms with Crippen LogP contribution in [0.15, 0.2) is 41.1 Å². The largest absolute Gasteiger partial charge is 0.378 e. The van der Waals surface area contributed by atoms with Gasteiger partial charge in [-0.1, -0.05) is 23.7 Å². The molecule has 1 aliphatic carbocycles. The van der Waals surface area contributed by atoms with Crippen molar-refractivity contribution in [1.29, 1.82) is 0 Å². The fourth-order valence-electron chi connectivity index (χ4n) is 2.85. The van der Waals surface area contributed by atoms with E-state index in [1.54, 1.807) is 6.20 Å². The Morgan fingerprint density at radius 3 is 2.62 bits per heavy atom. The zero-order chi connectivity index (χ0) is 17.9. The molecule has 3 aromatic rings. The van der Waals surface area contributed by atoms with Crippen LogP contribution in [-0.4, -0.2) is 34.2 Å². The van der Waals surface area contributed by atoms with Gasteiger partial charge in [-0.25, -0.2) is 9.97 Å². The summed E-state index contributed by atoms with van der Waals surface area (Å²) in [5.41, 5.74) is 3.07. The number of nitrogens with zero attached hydrogens (tertiary/aromatic N) is 5. The summed E-state index contributed by atoms with van der Waals surface area (Å²) in [7, 11) is 4.05. The molecule has 1 fully saturated rings. The summed E-state index contributed by atoms with van der Waals surface area (Å²) in [6.07, 6.45) is 5.29. The molecule has 7 nitrogen and oxygen atoms in total. The van der Waals surface area contributed by atoms with E-state index in [0.29, 0.717) is 24.2 Å².